The number of carbonyl (C=O) groups is 1. The summed E-state index contributed by atoms with van der Waals surface area (Å²) < 4.78 is 1.80. The van der Waals surface area contributed by atoms with Gasteiger partial charge in [-0.15, -0.1) is 0 Å². The Bertz CT molecular complexity index is 978. The molecule has 1 aliphatic heterocycles. The molecule has 142 valence electrons. The average molecular weight is 375 g/mol. The van der Waals surface area contributed by atoms with Crippen molar-refractivity contribution in [2.75, 3.05) is 10.2 Å². The Morgan fingerprint density at radius 3 is 2.71 bits per heavy atom. The summed E-state index contributed by atoms with van der Waals surface area (Å²) in [6, 6.07) is 9.92. The quantitative estimate of drug-likeness (QED) is 0.730. The SMILES string of the molecule is O=C1NCc2cnc(Nc3ccc(-n4cccn4)cc3)nc2N1C1CCCC1. The lowest BCUT2D eigenvalue weighted by molar-refractivity contribution is 0.241. The first-order valence-electron chi connectivity index (χ1n) is 9.58. The van der Waals surface area contributed by atoms with Gasteiger partial charge in [-0.25, -0.2) is 14.5 Å². The van der Waals surface area contributed by atoms with E-state index in [2.05, 4.69) is 25.7 Å². The lowest BCUT2D eigenvalue weighted by atomic mass is 10.1. The maximum atomic E-state index is 12.5. The number of amides is 2. The molecule has 0 saturated heterocycles. The van der Waals surface area contributed by atoms with Crippen molar-refractivity contribution in [2.45, 2.75) is 38.3 Å². The summed E-state index contributed by atoms with van der Waals surface area (Å²) in [7, 11) is 0. The standard InChI is InChI=1S/C20H21N7O/c28-20-22-13-14-12-21-19(25-18(14)27(20)17-4-1-2-5-17)24-15-6-8-16(9-7-15)26-11-3-10-23-26/h3,6-12,17H,1-2,4-5,13H2,(H,22,28)(H,21,24,25). The number of hydrogen-bond acceptors (Lipinski definition) is 5. The number of nitrogens with one attached hydrogen (secondary N) is 2. The van der Waals surface area contributed by atoms with Gasteiger partial charge in [-0.2, -0.15) is 10.1 Å². The first kappa shape index (κ1) is 16.7. The third-order valence-corrected chi connectivity index (χ3v) is 5.30. The molecule has 3 heterocycles. The zero-order chi connectivity index (χ0) is 18.9. The van der Waals surface area contributed by atoms with E-state index in [1.807, 2.05) is 41.4 Å². The van der Waals surface area contributed by atoms with Gasteiger partial charge in [0.2, 0.25) is 5.95 Å². The van der Waals surface area contributed by atoms with Crippen LogP contribution in [0.3, 0.4) is 0 Å². The molecule has 0 unspecified atom stereocenters. The molecule has 0 atom stereocenters. The molecule has 1 saturated carbocycles. The highest BCUT2D eigenvalue weighted by Gasteiger charge is 2.33. The molecule has 0 bridgehead atoms. The Morgan fingerprint density at radius 2 is 1.96 bits per heavy atom. The van der Waals surface area contributed by atoms with Gasteiger partial charge >= 0.3 is 6.03 Å². The maximum absolute atomic E-state index is 12.5. The zero-order valence-corrected chi connectivity index (χ0v) is 15.4. The highest BCUT2D eigenvalue weighted by molar-refractivity contribution is 5.94. The van der Waals surface area contributed by atoms with Gasteiger partial charge in [0.15, 0.2) is 0 Å². The number of carbonyl (C=O) groups excluding carboxylic acids is 1. The number of benzene rings is 1. The van der Waals surface area contributed by atoms with Crippen LogP contribution < -0.4 is 15.5 Å². The van der Waals surface area contributed by atoms with Gasteiger partial charge < -0.3 is 10.6 Å². The molecule has 1 fully saturated rings. The van der Waals surface area contributed by atoms with E-state index in [1.165, 1.54) is 0 Å². The van der Waals surface area contributed by atoms with E-state index in [0.29, 0.717) is 12.5 Å². The van der Waals surface area contributed by atoms with Crippen molar-refractivity contribution < 1.29 is 4.79 Å². The number of fused-ring (bicyclic) bond motifs is 1. The van der Waals surface area contributed by atoms with Gasteiger partial charge in [-0.1, -0.05) is 12.8 Å². The monoisotopic (exact) mass is 375 g/mol. The predicted molar refractivity (Wildman–Crippen MR) is 106 cm³/mol. The molecule has 8 heteroatoms. The van der Waals surface area contributed by atoms with Crippen LogP contribution in [0.4, 0.5) is 22.2 Å². The van der Waals surface area contributed by atoms with Crippen LogP contribution >= 0.6 is 0 Å². The molecule has 0 spiro atoms. The van der Waals surface area contributed by atoms with Crippen LogP contribution in [-0.4, -0.2) is 31.8 Å². The second-order valence-corrected chi connectivity index (χ2v) is 7.13. The highest BCUT2D eigenvalue weighted by atomic mass is 16.2. The van der Waals surface area contributed by atoms with Crippen molar-refractivity contribution in [1.29, 1.82) is 0 Å². The summed E-state index contributed by atoms with van der Waals surface area (Å²) in [4.78, 5) is 23.4. The van der Waals surface area contributed by atoms with Crippen molar-refractivity contribution in [1.82, 2.24) is 25.1 Å². The first-order chi connectivity index (χ1) is 13.8. The first-order valence-corrected chi connectivity index (χ1v) is 9.58. The Balaban J connectivity index is 1.40. The van der Waals surface area contributed by atoms with E-state index in [-0.39, 0.29) is 12.1 Å². The topological polar surface area (TPSA) is 88.0 Å². The summed E-state index contributed by atoms with van der Waals surface area (Å²) in [6.07, 6.45) is 9.80. The van der Waals surface area contributed by atoms with Crippen LogP contribution in [0.15, 0.2) is 48.9 Å². The Morgan fingerprint density at radius 1 is 1.14 bits per heavy atom. The molecule has 5 rings (SSSR count). The van der Waals surface area contributed by atoms with Gasteiger partial charge in [0.25, 0.3) is 0 Å². The van der Waals surface area contributed by atoms with Crippen molar-refractivity contribution in [3.63, 3.8) is 0 Å². The third kappa shape index (κ3) is 3.06. The molecule has 1 aliphatic carbocycles. The van der Waals surface area contributed by atoms with Crippen LogP contribution in [0.2, 0.25) is 0 Å². The molecule has 2 aliphatic rings. The summed E-state index contributed by atoms with van der Waals surface area (Å²) in [5.41, 5.74) is 2.81. The molecule has 28 heavy (non-hydrogen) atoms. The molecular formula is C20H21N7O. The Kier molecular flexibility index (Phi) is 4.16. The fraction of sp³-hybridized carbons (Fsp3) is 0.300. The minimum atomic E-state index is -0.0624. The van der Waals surface area contributed by atoms with Crippen LogP contribution in [0.1, 0.15) is 31.2 Å². The van der Waals surface area contributed by atoms with Crippen LogP contribution in [0.5, 0.6) is 0 Å². The van der Waals surface area contributed by atoms with E-state index in [0.717, 1.165) is 48.4 Å². The Hall–Kier alpha value is -3.42. The van der Waals surface area contributed by atoms with Crippen molar-refractivity contribution in [3.8, 4) is 5.69 Å². The largest absolute Gasteiger partial charge is 0.333 e. The van der Waals surface area contributed by atoms with Gasteiger partial charge in [0, 0.05) is 42.4 Å². The van der Waals surface area contributed by atoms with Gasteiger partial charge in [0.1, 0.15) is 5.82 Å². The number of urea groups is 1. The summed E-state index contributed by atoms with van der Waals surface area (Å²) >= 11 is 0. The van der Waals surface area contributed by atoms with Crippen molar-refractivity contribution >= 4 is 23.5 Å². The van der Waals surface area contributed by atoms with E-state index in [4.69, 9.17) is 0 Å². The highest BCUT2D eigenvalue weighted by Crippen LogP contribution is 2.32. The second-order valence-electron chi connectivity index (χ2n) is 7.13. The number of anilines is 3. The third-order valence-electron chi connectivity index (χ3n) is 5.30. The lowest BCUT2D eigenvalue weighted by Gasteiger charge is -2.33. The number of aromatic nitrogens is 4. The maximum Gasteiger partial charge on any atom is 0.323 e. The van der Waals surface area contributed by atoms with Gasteiger partial charge in [0.05, 0.1) is 5.69 Å². The molecular weight excluding hydrogens is 354 g/mol. The van der Waals surface area contributed by atoms with E-state index in [1.54, 1.807) is 17.1 Å². The average Bonchev–Trinajstić information content (AvgIpc) is 3.43. The van der Waals surface area contributed by atoms with Crippen molar-refractivity contribution in [2.24, 2.45) is 0 Å². The van der Waals surface area contributed by atoms with E-state index in [9.17, 15) is 4.79 Å². The summed E-state index contributed by atoms with van der Waals surface area (Å²) in [6.45, 7) is 0.468. The number of rotatable bonds is 4. The lowest BCUT2D eigenvalue weighted by Crippen LogP contribution is -2.49. The molecule has 2 amide bonds. The second kappa shape index (κ2) is 6.95. The number of hydrogen-bond donors (Lipinski definition) is 2. The fourth-order valence-electron chi connectivity index (χ4n) is 3.89. The smallest absolute Gasteiger partial charge is 0.323 e. The Labute approximate surface area is 162 Å². The van der Waals surface area contributed by atoms with Gasteiger partial charge in [-0.3, -0.25) is 4.90 Å². The molecule has 2 aromatic heterocycles. The normalized spacial score (nSPS) is 16.7. The summed E-state index contributed by atoms with van der Waals surface area (Å²) in [5.74, 6) is 1.21. The minimum Gasteiger partial charge on any atom is -0.333 e. The fourth-order valence-corrected chi connectivity index (χ4v) is 3.89. The molecule has 8 nitrogen and oxygen atoms in total. The molecule has 1 aromatic carbocycles. The zero-order valence-electron chi connectivity index (χ0n) is 15.4. The molecule has 2 N–H and O–H groups in total. The van der Waals surface area contributed by atoms with Crippen molar-refractivity contribution in [3.05, 3.63) is 54.5 Å². The summed E-state index contributed by atoms with van der Waals surface area (Å²) in [5, 5.41) is 10.4. The van der Waals surface area contributed by atoms with Crippen LogP contribution in [0.25, 0.3) is 5.69 Å². The number of nitrogens with zero attached hydrogens (tertiary/aromatic N) is 5. The van der Waals surface area contributed by atoms with Crippen LogP contribution in [-0.2, 0) is 6.54 Å². The minimum absolute atomic E-state index is 0.0624. The van der Waals surface area contributed by atoms with E-state index >= 15 is 0 Å². The molecule has 0 radical (unpaired) electrons. The molecule has 3 aromatic rings. The van der Waals surface area contributed by atoms with Crippen LogP contribution in [0, 0.1) is 0 Å². The van der Waals surface area contributed by atoms with Gasteiger partial charge in [-0.05, 0) is 43.2 Å². The van der Waals surface area contributed by atoms with E-state index < -0.39 is 0 Å². The predicted octanol–water partition coefficient (Wildman–Crippen LogP) is 3.38.